The fraction of sp³-hybridized carbons (Fsp3) is 0.0667. The first-order valence-corrected chi connectivity index (χ1v) is 7.05. The number of halogens is 2. The predicted octanol–water partition coefficient (Wildman–Crippen LogP) is 3.00. The number of nitrogens with zero attached hydrogens (tertiary/aromatic N) is 1. The van der Waals surface area contributed by atoms with Crippen LogP contribution < -0.4 is 11.3 Å². The lowest BCUT2D eigenvalue weighted by Gasteiger charge is -2.08. The van der Waals surface area contributed by atoms with E-state index in [1.54, 1.807) is 30.3 Å². The lowest BCUT2D eigenvalue weighted by atomic mass is 10.0. The normalized spacial score (nSPS) is 11.0. The Hall–Kier alpha value is -2.21. The van der Waals surface area contributed by atoms with Gasteiger partial charge in [0.05, 0.1) is 15.6 Å². The molecule has 0 saturated carbocycles. The molecular weight excluding hydrogens is 337 g/mol. The summed E-state index contributed by atoms with van der Waals surface area (Å²) in [6, 6.07) is 9.91. The van der Waals surface area contributed by atoms with Crippen LogP contribution in [0.1, 0.15) is 11.3 Å². The van der Waals surface area contributed by atoms with Crippen molar-refractivity contribution in [3.05, 3.63) is 68.3 Å². The standard InChI is InChI=1S/C15H11BrFN3O/c16-10-6-8(4-5-11(10)17)7-13-14-9(15(21)20-19-13)2-1-3-12(14)18/h1-6H,7,18H2,(H,20,21). The molecule has 6 heteroatoms. The van der Waals surface area contributed by atoms with Gasteiger partial charge in [-0.05, 0) is 45.8 Å². The Morgan fingerprint density at radius 3 is 2.86 bits per heavy atom. The quantitative estimate of drug-likeness (QED) is 0.700. The summed E-state index contributed by atoms with van der Waals surface area (Å²) < 4.78 is 13.7. The van der Waals surface area contributed by atoms with Gasteiger partial charge in [-0.15, -0.1) is 0 Å². The number of H-pyrrole nitrogens is 1. The Kier molecular flexibility index (Phi) is 3.47. The van der Waals surface area contributed by atoms with Crippen LogP contribution in [0, 0.1) is 5.82 Å². The van der Waals surface area contributed by atoms with Gasteiger partial charge in [-0.1, -0.05) is 12.1 Å². The molecule has 0 unspecified atom stereocenters. The van der Waals surface area contributed by atoms with Gasteiger partial charge < -0.3 is 5.73 Å². The minimum atomic E-state index is -0.322. The second-order valence-corrected chi connectivity index (χ2v) is 5.55. The summed E-state index contributed by atoms with van der Waals surface area (Å²) in [5, 5.41) is 7.70. The number of hydrogen-bond donors (Lipinski definition) is 2. The molecule has 0 aliphatic heterocycles. The lowest BCUT2D eigenvalue weighted by molar-refractivity contribution is 0.620. The third-order valence-electron chi connectivity index (χ3n) is 3.28. The SMILES string of the molecule is Nc1cccc2c(=O)[nH]nc(Cc3ccc(F)c(Br)c3)c12. The second kappa shape index (κ2) is 5.29. The molecule has 0 amide bonds. The first kappa shape index (κ1) is 13.8. The molecule has 0 radical (unpaired) electrons. The topological polar surface area (TPSA) is 71.8 Å². The molecule has 1 heterocycles. The van der Waals surface area contributed by atoms with E-state index in [1.165, 1.54) is 6.07 Å². The van der Waals surface area contributed by atoms with E-state index in [0.29, 0.717) is 33.0 Å². The zero-order valence-electron chi connectivity index (χ0n) is 10.9. The van der Waals surface area contributed by atoms with E-state index in [9.17, 15) is 9.18 Å². The number of nitrogen functional groups attached to an aromatic ring is 1. The van der Waals surface area contributed by atoms with Gasteiger partial charge in [0.1, 0.15) is 5.82 Å². The lowest BCUT2D eigenvalue weighted by Crippen LogP contribution is -2.12. The van der Waals surface area contributed by atoms with Crippen LogP contribution in [0.5, 0.6) is 0 Å². The molecular formula is C15H11BrFN3O. The highest BCUT2D eigenvalue weighted by atomic mass is 79.9. The molecule has 21 heavy (non-hydrogen) atoms. The predicted molar refractivity (Wildman–Crippen MR) is 83.7 cm³/mol. The number of anilines is 1. The summed E-state index contributed by atoms with van der Waals surface area (Å²) in [6.07, 6.45) is 0.445. The average Bonchev–Trinajstić information content (AvgIpc) is 2.46. The number of hydrogen-bond acceptors (Lipinski definition) is 3. The molecule has 3 N–H and O–H groups in total. The molecule has 0 saturated heterocycles. The summed E-state index contributed by atoms with van der Waals surface area (Å²) in [4.78, 5) is 11.8. The van der Waals surface area contributed by atoms with E-state index in [0.717, 1.165) is 5.56 Å². The molecule has 1 aromatic heterocycles. The Labute approximate surface area is 127 Å². The summed E-state index contributed by atoms with van der Waals surface area (Å²) in [5.74, 6) is -0.322. The second-order valence-electron chi connectivity index (χ2n) is 4.69. The van der Waals surface area contributed by atoms with Crippen LogP contribution in [0.3, 0.4) is 0 Å². The van der Waals surface area contributed by atoms with Gasteiger partial charge in [0.15, 0.2) is 0 Å². The van der Waals surface area contributed by atoms with Crippen LogP contribution in [-0.4, -0.2) is 10.2 Å². The van der Waals surface area contributed by atoms with Gasteiger partial charge in [-0.3, -0.25) is 4.79 Å². The third kappa shape index (κ3) is 2.54. The smallest absolute Gasteiger partial charge is 0.272 e. The van der Waals surface area contributed by atoms with E-state index in [1.807, 2.05) is 0 Å². The van der Waals surface area contributed by atoms with Crippen LogP contribution in [-0.2, 0) is 6.42 Å². The summed E-state index contributed by atoms with van der Waals surface area (Å²) >= 11 is 3.16. The van der Waals surface area contributed by atoms with Crippen molar-refractivity contribution in [3.8, 4) is 0 Å². The summed E-state index contributed by atoms with van der Waals surface area (Å²) in [6.45, 7) is 0. The Morgan fingerprint density at radius 2 is 2.10 bits per heavy atom. The number of aromatic amines is 1. The fourth-order valence-electron chi connectivity index (χ4n) is 2.29. The average molecular weight is 348 g/mol. The largest absolute Gasteiger partial charge is 0.398 e. The van der Waals surface area contributed by atoms with Crippen molar-refractivity contribution < 1.29 is 4.39 Å². The van der Waals surface area contributed by atoms with Crippen molar-refractivity contribution in [3.63, 3.8) is 0 Å². The molecule has 0 fully saturated rings. The molecule has 3 rings (SSSR count). The number of nitrogens with two attached hydrogens (primary N) is 1. The van der Waals surface area contributed by atoms with Crippen molar-refractivity contribution in [2.75, 3.05) is 5.73 Å². The minimum absolute atomic E-state index is 0.277. The molecule has 0 atom stereocenters. The number of benzene rings is 2. The van der Waals surface area contributed by atoms with Gasteiger partial charge in [0.25, 0.3) is 5.56 Å². The maximum absolute atomic E-state index is 13.3. The number of aromatic nitrogens is 2. The highest BCUT2D eigenvalue weighted by Gasteiger charge is 2.11. The summed E-state index contributed by atoms with van der Waals surface area (Å²) in [5.41, 5.74) is 7.72. The van der Waals surface area contributed by atoms with Crippen LogP contribution in [0.4, 0.5) is 10.1 Å². The van der Waals surface area contributed by atoms with E-state index in [-0.39, 0.29) is 11.4 Å². The molecule has 2 aromatic carbocycles. The number of nitrogens with one attached hydrogen (secondary N) is 1. The fourth-order valence-corrected chi connectivity index (χ4v) is 2.71. The number of rotatable bonds is 2. The van der Waals surface area contributed by atoms with E-state index >= 15 is 0 Å². The maximum atomic E-state index is 13.3. The van der Waals surface area contributed by atoms with E-state index in [2.05, 4.69) is 26.1 Å². The van der Waals surface area contributed by atoms with Crippen LogP contribution >= 0.6 is 15.9 Å². The molecule has 4 nitrogen and oxygen atoms in total. The Morgan fingerprint density at radius 1 is 1.29 bits per heavy atom. The number of fused-ring (bicyclic) bond motifs is 1. The highest BCUT2D eigenvalue weighted by molar-refractivity contribution is 9.10. The van der Waals surface area contributed by atoms with Gasteiger partial charge in [0.2, 0.25) is 0 Å². The van der Waals surface area contributed by atoms with Crippen LogP contribution in [0.15, 0.2) is 45.7 Å². The first-order valence-electron chi connectivity index (χ1n) is 6.26. The summed E-state index contributed by atoms with van der Waals surface area (Å²) in [7, 11) is 0. The van der Waals surface area contributed by atoms with Gasteiger partial charge in [-0.2, -0.15) is 5.10 Å². The highest BCUT2D eigenvalue weighted by Crippen LogP contribution is 2.24. The van der Waals surface area contributed by atoms with Crippen molar-refractivity contribution in [1.82, 2.24) is 10.2 Å². The molecule has 3 aromatic rings. The van der Waals surface area contributed by atoms with Crippen molar-refractivity contribution >= 4 is 32.4 Å². The molecule has 0 bridgehead atoms. The Balaban J connectivity index is 2.15. The van der Waals surface area contributed by atoms with Crippen molar-refractivity contribution in [2.45, 2.75) is 6.42 Å². The van der Waals surface area contributed by atoms with Crippen molar-refractivity contribution in [2.24, 2.45) is 0 Å². The van der Waals surface area contributed by atoms with E-state index < -0.39 is 0 Å². The minimum Gasteiger partial charge on any atom is -0.398 e. The van der Waals surface area contributed by atoms with Crippen LogP contribution in [0.2, 0.25) is 0 Å². The Bertz CT molecular complexity index is 892. The molecule has 0 spiro atoms. The van der Waals surface area contributed by atoms with Gasteiger partial charge in [0, 0.05) is 17.5 Å². The molecule has 106 valence electrons. The zero-order chi connectivity index (χ0) is 15.0. The first-order chi connectivity index (χ1) is 10.1. The molecule has 0 aliphatic rings. The van der Waals surface area contributed by atoms with Crippen molar-refractivity contribution in [1.29, 1.82) is 0 Å². The third-order valence-corrected chi connectivity index (χ3v) is 3.89. The zero-order valence-corrected chi connectivity index (χ0v) is 12.4. The monoisotopic (exact) mass is 347 g/mol. The van der Waals surface area contributed by atoms with Gasteiger partial charge >= 0.3 is 0 Å². The maximum Gasteiger partial charge on any atom is 0.272 e. The van der Waals surface area contributed by atoms with Crippen LogP contribution in [0.25, 0.3) is 10.8 Å². The van der Waals surface area contributed by atoms with Gasteiger partial charge in [-0.25, -0.2) is 9.49 Å². The van der Waals surface area contributed by atoms with E-state index in [4.69, 9.17) is 5.73 Å². The molecule has 0 aliphatic carbocycles.